The second-order valence-electron chi connectivity index (χ2n) is 7.53. The molecule has 1 saturated heterocycles. The van der Waals surface area contributed by atoms with Crippen molar-refractivity contribution in [2.24, 2.45) is 0 Å². The molecule has 0 aliphatic carbocycles. The van der Waals surface area contributed by atoms with Crippen LogP contribution < -0.4 is 10.2 Å². The highest BCUT2D eigenvalue weighted by molar-refractivity contribution is 7.16. The molecule has 0 radical (unpaired) electrons. The fourth-order valence-corrected chi connectivity index (χ4v) is 5.03. The Labute approximate surface area is 168 Å². The van der Waals surface area contributed by atoms with E-state index in [4.69, 9.17) is 4.74 Å². The van der Waals surface area contributed by atoms with E-state index < -0.39 is 5.41 Å². The maximum absolute atomic E-state index is 13.4. The first-order valence-corrected chi connectivity index (χ1v) is 10.4. The van der Waals surface area contributed by atoms with Crippen molar-refractivity contribution >= 4 is 33.1 Å². The number of fused-ring (bicyclic) bond motifs is 1. The van der Waals surface area contributed by atoms with E-state index >= 15 is 0 Å². The second-order valence-corrected chi connectivity index (χ2v) is 8.52. The number of benzene rings is 2. The van der Waals surface area contributed by atoms with Crippen LogP contribution in [0.3, 0.4) is 0 Å². The number of rotatable bonds is 4. The molecule has 3 aromatic rings. The maximum Gasteiger partial charge on any atom is 0.308 e. The Kier molecular flexibility index (Phi) is 5.08. The van der Waals surface area contributed by atoms with Gasteiger partial charge in [0.15, 0.2) is 0 Å². The molecule has 2 aromatic carbocycles. The van der Waals surface area contributed by atoms with E-state index in [0.717, 1.165) is 21.5 Å². The Morgan fingerprint density at radius 1 is 1.14 bits per heavy atom. The summed E-state index contributed by atoms with van der Waals surface area (Å²) < 4.78 is 8.20. The van der Waals surface area contributed by atoms with Crippen molar-refractivity contribution < 1.29 is 9.53 Å². The Morgan fingerprint density at radius 3 is 2.54 bits per heavy atom. The molecule has 5 nitrogen and oxygen atoms in total. The Bertz CT molecular complexity index is 1050. The third-order valence-corrected chi connectivity index (χ3v) is 6.41. The van der Waals surface area contributed by atoms with Crippen molar-refractivity contribution in [2.75, 3.05) is 18.5 Å². The highest BCUT2D eigenvalue weighted by atomic mass is 32.1. The molecule has 1 aliphatic heterocycles. The predicted molar refractivity (Wildman–Crippen MR) is 113 cm³/mol. The van der Waals surface area contributed by atoms with E-state index in [-0.39, 0.29) is 16.8 Å². The summed E-state index contributed by atoms with van der Waals surface area (Å²) in [5, 5.41) is 3.10. The van der Waals surface area contributed by atoms with Crippen LogP contribution in [0.2, 0.25) is 0 Å². The number of carbonyl (C=O) groups is 1. The monoisotopic (exact) mass is 396 g/mol. The summed E-state index contributed by atoms with van der Waals surface area (Å²) in [5.41, 5.74) is 2.06. The minimum atomic E-state index is -0.592. The first-order valence-electron chi connectivity index (χ1n) is 9.61. The van der Waals surface area contributed by atoms with Crippen molar-refractivity contribution in [1.82, 2.24) is 4.57 Å². The zero-order chi connectivity index (χ0) is 19.7. The lowest BCUT2D eigenvalue weighted by atomic mass is 9.73. The standard InChI is InChI=1S/C22H24N2O3S/c1-15(2)24-18-9-8-17(14-19(18)28-21(24)26)23-20(25)22(10-12-27-13-11-22)16-6-4-3-5-7-16/h3-9,14-15H,10-13H2,1-2H3,(H,23,25). The second kappa shape index (κ2) is 7.53. The summed E-state index contributed by atoms with van der Waals surface area (Å²) in [6, 6.07) is 15.7. The first kappa shape index (κ1) is 18.9. The van der Waals surface area contributed by atoms with Gasteiger partial charge in [0.25, 0.3) is 0 Å². The highest BCUT2D eigenvalue weighted by Gasteiger charge is 2.41. The van der Waals surface area contributed by atoms with Crippen LogP contribution in [0, 0.1) is 0 Å². The molecule has 0 spiro atoms. The average molecular weight is 397 g/mol. The zero-order valence-electron chi connectivity index (χ0n) is 16.1. The van der Waals surface area contributed by atoms with Crippen molar-refractivity contribution in [3.8, 4) is 0 Å². The predicted octanol–water partition coefficient (Wildman–Crippen LogP) is 4.33. The number of nitrogens with zero attached hydrogens (tertiary/aromatic N) is 1. The van der Waals surface area contributed by atoms with E-state index in [0.29, 0.717) is 26.1 Å². The molecule has 0 bridgehead atoms. The smallest absolute Gasteiger partial charge is 0.308 e. The van der Waals surface area contributed by atoms with Gasteiger partial charge in [0.1, 0.15) is 0 Å². The van der Waals surface area contributed by atoms with Gasteiger partial charge in [0.05, 0.1) is 15.6 Å². The van der Waals surface area contributed by atoms with Crippen LogP contribution in [-0.2, 0) is 14.9 Å². The van der Waals surface area contributed by atoms with Crippen molar-refractivity contribution in [3.63, 3.8) is 0 Å². The van der Waals surface area contributed by atoms with Gasteiger partial charge >= 0.3 is 4.87 Å². The Morgan fingerprint density at radius 2 is 1.86 bits per heavy atom. The largest absolute Gasteiger partial charge is 0.381 e. The van der Waals surface area contributed by atoms with Crippen LogP contribution in [0.15, 0.2) is 53.3 Å². The van der Waals surface area contributed by atoms with Gasteiger partial charge in [0, 0.05) is 24.9 Å². The van der Waals surface area contributed by atoms with Crippen LogP contribution in [0.5, 0.6) is 0 Å². The number of hydrogen-bond acceptors (Lipinski definition) is 4. The molecular formula is C22H24N2O3S. The molecule has 1 aliphatic rings. The Balaban J connectivity index is 1.67. The van der Waals surface area contributed by atoms with Gasteiger partial charge in [-0.05, 0) is 50.5 Å². The molecule has 6 heteroatoms. The Hall–Kier alpha value is -2.44. The fourth-order valence-electron chi connectivity index (χ4n) is 3.98. The number of anilines is 1. The molecule has 28 heavy (non-hydrogen) atoms. The van der Waals surface area contributed by atoms with Gasteiger partial charge in [-0.1, -0.05) is 41.7 Å². The zero-order valence-corrected chi connectivity index (χ0v) is 16.9. The van der Waals surface area contributed by atoms with Crippen LogP contribution in [-0.4, -0.2) is 23.7 Å². The molecule has 4 rings (SSSR count). The minimum Gasteiger partial charge on any atom is -0.381 e. The quantitative estimate of drug-likeness (QED) is 0.714. The molecule has 146 valence electrons. The summed E-state index contributed by atoms with van der Waals surface area (Å²) in [4.78, 5) is 25.7. The molecule has 1 N–H and O–H groups in total. The van der Waals surface area contributed by atoms with Gasteiger partial charge in [-0.2, -0.15) is 0 Å². The first-order chi connectivity index (χ1) is 13.5. The summed E-state index contributed by atoms with van der Waals surface area (Å²) in [6.07, 6.45) is 1.31. The topological polar surface area (TPSA) is 60.3 Å². The van der Waals surface area contributed by atoms with E-state index in [2.05, 4.69) is 5.32 Å². The van der Waals surface area contributed by atoms with Gasteiger partial charge in [-0.25, -0.2) is 0 Å². The number of thiazole rings is 1. The molecule has 1 aromatic heterocycles. The third kappa shape index (κ3) is 3.27. The lowest BCUT2D eigenvalue weighted by Gasteiger charge is -2.36. The van der Waals surface area contributed by atoms with Gasteiger partial charge in [-0.3, -0.25) is 14.2 Å². The van der Waals surface area contributed by atoms with Crippen molar-refractivity contribution in [2.45, 2.75) is 38.1 Å². The molecular weight excluding hydrogens is 372 g/mol. The van der Waals surface area contributed by atoms with Gasteiger partial charge in [-0.15, -0.1) is 0 Å². The van der Waals surface area contributed by atoms with Gasteiger partial charge in [0.2, 0.25) is 5.91 Å². The van der Waals surface area contributed by atoms with Crippen molar-refractivity contribution in [3.05, 3.63) is 63.8 Å². The van der Waals surface area contributed by atoms with Crippen LogP contribution in [0.4, 0.5) is 5.69 Å². The summed E-state index contributed by atoms with van der Waals surface area (Å²) in [7, 11) is 0. The number of aromatic nitrogens is 1. The maximum atomic E-state index is 13.4. The van der Waals surface area contributed by atoms with Crippen LogP contribution in [0.25, 0.3) is 10.2 Å². The van der Waals surface area contributed by atoms with Gasteiger partial charge < -0.3 is 10.1 Å². The van der Waals surface area contributed by atoms with E-state index in [1.54, 1.807) is 4.57 Å². The highest BCUT2D eigenvalue weighted by Crippen LogP contribution is 2.36. The van der Waals surface area contributed by atoms with Crippen molar-refractivity contribution in [1.29, 1.82) is 0 Å². The number of nitrogens with one attached hydrogen (secondary N) is 1. The molecule has 0 unspecified atom stereocenters. The minimum absolute atomic E-state index is 0.0167. The molecule has 2 heterocycles. The average Bonchev–Trinajstić information content (AvgIpc) is 3.04. The number of hydrogen-bond donors (Lipinski definition) is 1. The third-order valence-electron chi connectivity index (χ3n) is 5.49. The number of ether oxygens (including phenoxy) is 1. The summed E-state index contributed by atoms with van der Waals surface area (Å²) in [5.74, 6) is -0.0167. The SMILES string of the molecule is CC(C)n1c(=O)sc2cc(NC(=O)C3(c4ccccc4)CCOCC3)ccc21. The van der Waals surface area contributed by atoms with E-state index in [1.165, 1.54) is 11.3 Å². The summed E-state index contributed by atoms with van der Waals surface area (Å²) >= 11 is 1.22. The fraction of sp³-hybridized carbons (Fsp3) is 0.364. The normalized spacial score (nSPS) is 16.4. The number of carbonyl (C=O) groups excluding carboxylic acids is 1. The molecule has 0 saturated carbocycles. The molecule has 0 atom stereocenters. The molecule has 1 fully saturated rings. The lowest BCUT2D eigenvalue weighted by Crippen LogP contribution is -2.44. The van der Waals surface area contributed by atoms with Crippen LogP contribution >= 0.6 is 11.3 Å². The van der Waals surface area contributed by atoms with Crippen LogP contribution in [0.1, 0.15) is 38.3 Å². The lowest BCUT2D eigenvalue weighted by molar-refractivity contribution is -0.125. The summed E-state index contributed by atoms with van der Waals surface area (Å²) in [6.45, 7) is 5.14. The van der Waals surface area contributed by atoms with E-state index in [1.807, 2.05) is 62.4 Å². The van der Waals surface area contributed by atoms with E-state index in [9.17, 15) is 9.59 Å². The number of amides is 1. The molecule has 1 amide bonds.